The number of rotatable bonds is 4. The van der Waals surface area contributed by atoms with Gasteiger partial charge in [0.05, 0.1) is 5.69 Å². The summed E-state index contributed by atoms with van der Waals surface area (Å²) in [6.45, 7) is 0.565. The molecule has 2 rings (SSSR count). The van der Waals surface area contributed by atoms with Gasteiger partial charge in [-0.1, -0.05) is 12.1 Å². The lowest BCUT2D eigenvalue weighted by atomic mass is 10.1. The Bertz CT molecular complexity index is 570. The largest absolute Gasteiger partial charge is 0.342 e. The molecule has 19 heavy (non-hydrogen) atoms. The third kappa shape index (κ3) is 3.09. The standard InChI is InChI=1S/C15H16F2N2/c1-18-10-11-7-12(16)9-13(8-11)19(2)15-6-4-3-5-14(15)17/h3-9,18H,10H2,1-2H3. The molecular weight excluding hydrogens is 246 g/mol. The molecule has 0 amide bonds. The molecule has 2 aromatic rings. The van der Waals surface area contributed by atoms with Gasteiger partial charge in [-0.3, -0.25) is 0 Å². The monoisotopic (exact) mass is 262 g/mol. The van der Waals surface area contributed by atoms with Crippen LogP contribution in [0.2, 0.25) is 0 Å². The molecule has 0 heterocycles. The normalized spacial score (nSPS) is 10.5. The number of anilines is 2. The van der Waals surface area contributed by atoms with Crippen molar-refractivity contribution in [3.63, 3.8) is 0 Å². The summed E-state index contributed by atoms with van der Waals surface area (Å²) < 4.78 is 27.3. The van der Waals surface area contributed by atoms with Gasteiger partial charge in [-0.15, -0.1) is 0 Å². The second-order valence-electron chi connectivity index (χ2n) is 4.36. The van der Waals surface area contributed by atoms with Crippen LogP contribution < -0.4 is 10.2 Å². The quantitative estimate of drug-likeness (QED) is 0.907. The molecule has 0 saturated carbocycles. The molecular formula is C15H16F2N2. The molecule has 2 nitrogen and oxygen atoms in total. The Kier molecular flexibility index (Phi) is 4.12. The lowest BCUT2D eigenvalue weighted by Crippen LogP contribution is -2.13. The minimum Gasteiger partial charge on any atom is -0.342 e. The molecule has 0 radical (unpaired) electrons. The highest BCUT2D eigenvalue weighted by molar-refractivity contribution is 5.63. The van der Waals surface area contributed by atoms with E-state index >= 15 is 0 Å². The van der Waals surface area contributed by atoms with Crippen LogP contribution in [0.15, 0.2) is 42.5 Å². The molecule has 1 N–H and O–H groups in total. The average molecular weight is 262 g/mol. The van der Waals surface area contributed by atoms with E-state index in [1.807, 2.05) is 6.07 Å². The lowest BCUT2D eigenvalue weighted by molar-refractivity contribution is 0.620. The van der Waals surface area contributed by atoms with Crippen molar-refractivity contribution in [2.24, 2.45) is 0 Å². The average Bonchev–Trinajstić information content (AvgIpc) is 2.38. The number of hydrogen-bond acceptors (Lipinski definition) is 2. The molecule has 0 unspecified atom stereocenters. The van der Waals surface area contributed by atoms with Gasteiger partial charge in [-0.2, -0.15) is 0 Å². The summed E-state index contributed by atoms with van der Waals surface area (Å²) in [4.78, 5) is 1.64. The van der Waals surface area contributed by atoms with Crippen LogP contribution in [0.1, 0.15) is 5.56 Å². The van der Waals surface area contributed by atoms with Gasteiger partial charge in [0.1, 0.15) is 11.6 Å². The zero-order valence-corrected chi connectivity index (χ0v) is 11.0. The summed E-state index contributed by atoms with van der Waals surface area (Å²) >= 11 is 0. The van der Waals surface area contributed by atoms with E-state index < -0.39 is 0 Å². The molecule has 0 atom stereocenters. The fourth-order valence-electron chi connectivity index (χ4n) is 2.00. The van der Waals surface area contributed by atoms with Gasteiger partial charge in [0, 0.05) is 19.3 Å². The van der Waals surface area contributed by atoms with Crippen molar-refractivity contribution < 1.29 is 8.78 Å². The highest BCUT2D eigenvalue weighted by Crippen LogP contribution is 2.27. The highest BCUT2D eigenvalue weighted by Gasteiger charge is 2.10. The molecule has 100 valence electrons. The number of para-hydroxylation sites is 1. The summed E-state index contributed by atoms with van der Waals surface area (Å²) in [6, 6.07) is 11.1. The van der Waals surface area contributed by atoms with Crippen LogP contribution in [0, 0.1) is 11.6 Å². The first-order chi connectivity index (χ1) is 9.11. The SMILES string of the molecule is CNCc1cc(F)cc(N(C)c2ccccc2F)c1. The summed E-state index contributed by atoms with van der Waals surface area (Å²) in [5.74, 6) is -0.657. The van der Waals surface area contributed by atoms with Gasteiger partial charge >= 0.3 is 0 Å². The summed E-state index contributed by atoms with van der Waals surface area (Å²) in [6.07, 6.45) is 0. The van der Waals surface area contributed by atoms with Crippen molar-refractivity contribution in [3.05, 3.63) is 59.7 Å². The maximum atomic E-state index is 13.7. The fraction of sp³-hybridized carbons (Fsp3) is 0.200. The topological polar surface area (TPSA) is 15.3 Å². The Hall–Kier alpha value is -1.94. The first-order valence-electron chi connectivity index (χ1n) is 6.04. The Balaban J connectivity index is 2.38. The first kappa shape index (κ1) is 13.5. The Morgan fingerprint density at radius 3 is 2.53 bits per heavy atom. The van der Waals surface area contributed by atoms with Gasteiger partial charge in [0.25, 0.3) is 0 Å². The van der Waals surface area contributed by atoms with Crippen molar-refractivity contribution >= 4 is 11.4 Å². The molecule has 4 heteroatoms. The van der Waals surface area contributed by atoms with Crippen LogP contribution in [0.3, 0.4) is 0 Å². The predicted molar refractivity (Wildman–Crippen MR) is 73.6 cm³/mol. The van der Waals surface area contributed by atoms with Gasteiger partial charge in [0.2, 0.25) is 0 Å². The van der Waals surface area contributed by atoms with E-state index in [1.54, 1.807) is 37.2 Å². The summed E-state index contributed by atoms with van der Waals surface area (Å²) in [5, 5.41) is 2.97. The zero-order valence-electron chi connectivity index (χ0n) is 11.0. The molecule has 0 spiro atoms. The number of hydrogen-bond donors (Lipinski definition) is 1. The van der Waals surface area contributed by atoms with Crippen LogP contribution in [-0.4, -0.2) is 14.1 Å². The van der Waals surface area contributed by atoms with Crippen molar-refractivity contribution in [1.29, 1.82) is 0 Å². The van der Waals surface area contributed by atoms with Gasteiger partial charge in [0.15, 0.2) is 0 Å². The van der Waals surface area contributed by atoms with Crippen molar-refractivity contribution in [1.82, 2.24) is 5.32 Å². The van der Waals surface area contributed by atoms with Gasteiger partial charge in [-0.25, -0.2) is 8.78 Å². The van der Waals surface area contributed by atoms with Gasteiger partial charge in [-0.05, 0) is 42.9 Å². The smallest absolute Gasteiger partial charge is 0.146 e. The molecule has 0 aliphatic rings. The number of halogens is 2. The molecule has 0 saturated heterocycles. The molecule has 0 bridgehead atoms. The zero-order chi connectivity index (χ0) is 13.8. The van der Waals surface area contributed by atoms with Gasteiger partial charge < -0.3 is 10.2 Å². The van der Waals surface area contributed by atoms with Crippen LogP contribution in [0.4, 0.5) is 20.2 Å². The van der Waals surface area contributed by atoms with E-state index in [4.69, 9.17) is 0 Å². The van der Waals surface area contributed by atoms with Crippen LogP contribution in [0.25, 0.3) is 0 Å². The van der Waals surface area contributed by atoms with Crippen LogP contribution in [-0.2, 0) is 6.54 Å². The Labute approximate surface area is 111 Å². The molecule has 0 aromatic heterocycles. The third-order valence-corrected chi connectivity index (χ3v) is 2.92. The predicted octanol–water partition coefficient (Wildman–Crippen LogP) is 3.45. The lowest BCUT2D eigenvalue weighted by Gasteiger charge is -2.21. The number of nitrogens with one attached hydrogen (secondary N) is 1. The maximum Gasteiger partial charge on any atom is 0.146 e. The second-order valence-corrected chi connectivity index (χ2v) is 4.36. The van der Waals surface area contributed by atoms with Crippen molar-refractivity contribution in [3.8, 4) is 0 Å². The molecule has 0 aliphatic carbocycles. The highest BCUT2D eigenvalue weighted by atomic mass is 19.1. The summed E-state index contributed by atoms with van der Waals surface area (Å²) in [5.41, 5.74) is 1.86. The Morgan fingerprint density at radius 1 is 1.11 bits per heavy atom. The minimum absolute atomic E-state index is 0.328. The maximum absolute atomic E-state index is 13.7. The van der Waals surface area contributed by atoms with Crippen molar-refractivity contribution in [2.75, 3.05) is 19.0 Å². The third-order valence-electron chi connectivity index (χ3n) is 2.92. The van der Waals surface area contributed by atoms with E-state index in [1.165, 1.54) is 18.2 Å². The van der Waals surface area contributed by atoms with E-state index in [9.17, 15) is 8.78 Å². The first-order valence-corrected chi connectivity index (χ1v) is 6.04. The molecule has 0 aliphatic heterocycles. The fourth-order valence-corrected chi connectivity index (χ4v) is 2.00. The molecule has 0 fully saturated rings. The van der Waals surface area contributed by atoms with E-state index in [0.29, 0.717) is 17.9 Å². The minimum atomic E-state index is -0.329. The van der Waals surface area contributed by atoms with E-state index in [2.05, 4.69) is 5.32 Å². The molecule has 2 aromatic carbocycles. The Morgan fingerprint density at radius 2 is 1.84 bits per heavy atom. The van der Waals surface area contributed by atoms with Crippen LogP contribution >= 0.6 is 0 Å². The van der Waals surface area contributed by atoms with E-state index in [-0.39, 0.29) is 11.6 Å². The van der Waals surface area contributed by atoms with Crippen LogP contribution in [0.5, 0.6) is 0 Å². The van der Waals surface area contributed by atoms with Crippen molar-refractivity contribution in [2.45, 2.75) is 6.54 Å². The number of nitrogens with zero attached hydrogens (tertiary/aromatic N) is 1. The number of benzene rings is 2. The van der Waals surface area contributed by atoms with E-state index in [0.717, 1.165) is 5.56 Å². The summed E-state index contributed by atoms with van der Waals surface area (Å²) in [7, 11) is 3.52. The second kappa shape index (κ2) is 5.80.